The molecule has 0 fully saturated rings. The molecule has 0 bridgehead atoms. The minimum Gasteiger partial charge on any atom is -0.485 e. The number of esters is 2. The van der Waals surface area contributed by atoms with Crippen LogP contribution < -0.4 is 10.1 Å². The SMILES string of the molecule is COC(=O)/C=C(/Nc1cc([N+](=O)[O-])c(OC)c([N+](=O)[O-])c1)C(=O)OC. The van der Waals surface area contributed by atoms with Crippen molar-refractivity contribution in [1.82, 2.24) is 0 Å². The standard InChI is InChI=1S/C13H13N3O9/c1-23-11(17)6-8(13(18)25-3)14-7-4-9(15(19)20)12(24-2)10(5-7)16(21)22/h4-6,14H,1-3H3/b8-6+. The number of rotatable bonds is 7. The summed E-state index contributed by atoms with van der Waals surface area (Å²) in [5.41, 5.74) is -2.06. The molecular weight excluding hydrogens is 342 g/mol. The zero-order chi connectivity index (χ0) is 19.1. The van der Waals surface area contributed by atoms with Gasteiger partial charge in [-0.3, -0.25) is 20.2 Å². The van der Waals surface area contributed by atoms with E-state index in [1.54, 1.807) is 0 Å². The molecule has 12 heteroatoms. The van der Waals surface area contributed by atoms with Crippen LogP contribution in [0.4, 0.5) is 17.1 Å². The van der Waals surface area contributed by atoms with Crippen LogP contribution in [0.2, 0.25) is 0 Å². The number of nitrogens with zero attached hydrogens (tertiary/aromatic N) is 2. The highest BCUT2D eigenvalue weighted by Crippen LogP contribution is 2.39. The van der Waals surface area contributed by atoms with E-state index in [1.165, 1.54) is 0 Å². The summed E-state index contributed by atoms with van der Waals surface area (Å²) in [7, 11) is 3.14. The van der Waals surface area contributed by atoms with Gasteiger partial charge >= 0.3 is 23.3 Å². The second-order valence-corrected chi connectivity index (χ2v) is 4.26. The quantitative estimate of drug-likeness (QED) is 0.325. The van der Waals surface area contributed by atoms with E-state index in [4.69, 9.17) is 4.74 Å². The zero-order valence-corrected chi connectivity index (χ0v) is 13.3. The maximum atomic E-state index is 11.7. The summed E-state index contributed by atoms with van der Waals surface area (Å²) in [5, 5.41) is 24.6. The first kappa shape index (κ1) is 19.3. The number of ether oxygens (including phenoxy) is 3. The number of carbonyl (C=O) groups is 2. The van der Waals surface area contributed by atoms with Crippen molar-refractivity contribution in [2.45, 2.75) is 0 Å². The molecular formula is C13H13N3O9. The molecule has 1 N–H and O–H groups in total. The van der Waals surface area contributed by atoms with E-state index in [1.807, 2.05) is 0 Å². The van der Waals surface area contributed by atoms with Crippen LogP contribution in [0.3, 0.4) is 0 Å². The first-order valence-electron chi connectivity index (χ1n) is 6.40. The maximum absolute atomic E-state index is 11.7. The van der Waals surface area contributed by atoms with Gasteiger partial charge in [-0.2, -0.15) is 0 Å². The first-order valence-corrected chi connectivity index (χ1v) is 6.40. The fraction of sp³-hybridized carbons (Fsp3) is 0.231. The van der Waals surface area contributed by atoms with Gasteiger partial charge in [0.2, 0.25) is 0 Å². The largest absolute Gasteiger partial charge is 0.485 e. The molecule has 0 saturated heterocycles. The summed E-state index contributed by atoms with van der Waals surface area (Å²) in [5.74, 6) is -2.46. The lowest BCUT2D eigenvalue weighted by Gasteiger charge is -2.10. The van der Waals surface area contributed by atoms with Crippen molar-refractivity contribution >= 4 is 29.0 Å². The average Bonchev–Trinajstić information content (AvgIpc) is 2.59. The van der Waals surface area contributed by atoms with Gasteiger partial charge in [-0.15, -0.1) is 0 Å². The molecule has 0 aliphatic carbocycles. The molecule has 0 aliphatic rings. The number of hydrogen-bond donors (Lipinski definition) is 1. The third-order valence-electron chi connectivity index (χ3n) is 2.79. The minimum absolute atomic E-state index is 0.209. The molecule has 134 valence electrons. The Morgan fingerprint density at radius 1 is 1.04 bits per heavy atom. The fourth-order valence-electron chi connectivity index (χ4n) is 1.74. The molecule has 0 heterocycles. The monoisotopic (exact) mass is 355 g/mol. The van der Waals surface area contributed by atoms with Gasteiger partial charge in [-0.25, -0.2) is 9.59 Å². The second-order valence-electron chi connectivity index (χ2n) is 4.26. The highest BCUT2D eigenvalue weighted by atomic mass is 16.6. The Bertz CT molecular complexity index is 722. The molecule has 0 saturated carbocycles. The number of hydrogen-bond acceptors (Lipinski definition) is 10. The van der Waals surface area contributed by atoms with Crippen molar-refractivity contribution in [3.8, 4) is 5.75 Å². The number of carbonyl (C=O) groups excluding carboxylic acids is 2. The van der Waals surface area contributed by atoms with Crippen molar-refractivity contribution in [3.63, 3.8) is 0 Å². The maximum Gasteiger partial charge on any atom is 0.354 e. The number of anilines is 1. The van der Waals surface area contributed by atoms with Crippen LogP contribution in [0.25, 0.3) is 0 Å². The van der Waals surface area contributed by atoms with Gasteiger partial charge in [0.05, 0.1) is 42.9 Å². The molecule has 0 aliphatic heterocycles. The molecule has 0 spiro atoms. The highest BCUT2D eigenvalue weighted by Gasteiger charge is 2.28. The molecule has 0 radical (unpaired) electrons. The van der Waals surface area contributed by atoms with Crippen molar-refractivity contribution in [3.05, 3.63) is 44.1 Å². The summed E-state index contributed by atoms with van der Waals surface area (Å²) in [4.78, 5) is 43.4. The Balaban J connectivity index is 3.47. The molecule has 25 heavy (non-hydrogen) atoms. The topological polar surface area (TPSA) is 160 Å². The number of nitro groups is 2. The Labute approximate surface area is 140 Å². The van der Waals surface area contributed by atoms with Gasteiger partial charge in [0.25, 0.3) is 5.75 Å². The minimum atomic E-state index is -0.994. The van der Waals surface area contributed by atoms with Crippen LogP contribution in [-0.4, -0.2) is 43.1 Å². The molecule has 0 aromatic heterocycles. The van der Waals surface area contributed by atoms with Gasteiger partial charge < -0.3 is 19.5 Å². The normalized spacial score (nSPS) is 10.6. The number of methoxy groups -OCH3 is 3. The van der Waals surface area contributed by atoms with E-state index >= 15 is 0 Å². The van der Waals surface area contributed by atoms with Crippen molar-refractivity contribution < 1.29 is 33.6 Å². The van der Waals surface area contributed by atoms with E-state index in [2.05, 4.69) is 14.8 Å². The van der Waals surface area contributed by atoms with Crippen molar-refractivity contribution in [1.29, 1.82) is 0 Å². The number of benzene rings is 1. The summed E-state index contributed by atoms with van der Waals surface area (Å²) >= 11 is 0. The van der Waals surface area contributed by atoms with Gasteiger partial charge in [0.1, 0.15) is 5.70 Å². The van der Waals surface area contributed by atoms with E-state index in [-0.39, 0.29) is 5.69 Å². The zero-order valence-electron chi connectivity index (χ0n) is 13.3. The molecule has 1 aromatic carbocycles. The Hall–Kier alpha value is -3.70. The summed E-state index contributed by atoms with van der Waals surface area (Å²) in [6.45, 7) is 0. The lowest BCUT2D eigenvalue weighted by atomic mass is 10.2. The van der Waals surface area contributed by atoms with Gasteiger partial charge in [0.15, 0.2) is 0 Å². The van der Waals surface area contributed by atoms with E-state index in [0.717, 1.165) is 39.5 Å². The first-order chi connectivity index (χ1) is 11.7. The van der Waals surface area contributed by atoms with Crippen LogP contribution >= 0.6 is 0 Å². The van der Waals surface area contributed by atoms with Gasteiger partial charge in [0, 0.05) is 12.1 Å². The lowest BCUT2D eigenvalue weighted by molar-refractivity contribution is -0.395. The Kier molecular flexibility index (Phi) is 6.37. The summed E-state index contributed by atoms with van der Waals surface area (Å²) < 4.78 is 13.6. The molecule has 0 unspecified atom stereocenters. The van der Waals surface area contributed by atoms with Gasteiger partial charge in [-0.1, -0.05) is 0 Å². The molecule has 0 atom stereocenters. The number of nitrogens with one attached hydrogen (secondary N) is 1. The molecule has 0 amide bonds. The predicted octanol–water partition coefficient (Wildman–Crippen LogP) is 1.15. The fourth-order valence-corrected chi connectivity index (χ4v) is 1.74. The molecule has 12 nitrogen and oxygen atoms in total. The van der Waals surface area contributed by atoms with Crippen molar-refractivity contribution in [2.24, 2.45) is 0 Å². The average molecular weight is 355 g/mol. The van der Waals surface area contributed by atoms with Gasteiger partial charge in [-0.05, 0) is 0 Å². The highest BCUT2D eigenvalue weighted by molar-refractivity contribution is 5.99. The van der Waals surface area contributed by atoms with Crippen molar-refractivity contribution in [2.75, 3.05) is 26.6 Å². The Morgan fingerprint density at radius 2 is 1.56 bits per heavy atom. The molecule has 1 aromatic rings. The van der Waals surface area contributed by atoms with E-state index in [9.17, 15) is 29.8 Å². The second kappa shape index (κ2) is 8.24. The summed E-state index contributed by atoms with van der Waals surface area (Å²) in [6, 6.07) is 1.81. The van der Waals surface area contributed by atoms with Crippen LogP contribution in [0.15, 0.2) is 23.9 Å². The summed E-state index contributed by atoms with van der Waals surface area (Å²) in [6.07, 6.45) is 0.730. The molecule has 1 rings (SSSR count). The van der Waals surface area contributed by atoms with E-state index in [0.29, 0.717) is 0 Å². The van der Waals surface area contributed by atoms with Crippen LogP contribution in [0.1, 0.15) is 0 Å². The smallest absolute Gasteiger partial charge is 0.354 e. The third kappa shape index (κ3) is 4.63. The predicted molar refractivity (Wildman–Crippen MR) is 82.0 cm³/mol. The van der Waals surface area contributed by atoms with Crippen LogP contribution in [-0.2, 0) is 19.1 Å². The van der Waals surface area contributed by atoms with Crippen LogP contribution in [0.5, 0.6) is 5.75 Å². The Morgan fingerprint density at radius 3 is 1.92 bits per heavy atom. The number of nitro benzene ring substituents is 2. The van der Waals surface area contributed by atoms with Crippen LogP contribution in [0, 0.1) is 20.2 Å². The van der Waals surface area contributed by atoms with E-state index < -0.39 is 44.6 Å². The lowest BCUT2D eigenvalue weighted by Crippen LogP contribution is -2.15. The third-order valence-corrected chi connectivity index (χ3v) is 2.79.